The van der Waals surface area contributed by atoms with Gasteiger partial charge in [-0.15, -0.1) is 0 Å². The summed E-state index contributed by atoms with van der Waals surface area (Å²) in [5, 5.41) is 3.43. The number of hydrogen-bond donors (Lipinski definition) is 1. The summed E-state index contributed by atoms with van der Waals surface area (Å²) < 4.78 is 2.57. The number of carbonyl (C=O) groups is 1. The molecule has 2 aliphatic heterocycles. The Bertz CT molecular complexity index is 1180. The molecular formula is C33H47N5O. The van der Waals surface area contributed by atoms with E-state index in [-0.39, 0.29) is 17.9 Å². The third-order valence-corrected chi connectivity index (χ3v) is 10.6. The molecule has 4 aliphatic rings. The van der Waals surface area contributed by atoms with E-state index in [9.17, 15) is 4.79 Å². The zero-order valence-electron chi connectivity index (χ0n) is 24.2. The Morgan fingerprint density at radius 2 is 2.03 bits per heavy atom. The second-order valence-corrected chi connectivity index (χ2v) is 13.0. The number of rotatable bonds is 10. The van der Waals surface area contributed by atoms with E-state index in [1.165, 1.54) is 55.6 Å². The maximum atomic E-state index is 13.2. The van der Waals surface area contributed by atoms with Crippen LogP contribution in [0.15, 0.2) is 48.9 Å². The number of aromatic nitrogens is 2. The molecule has 1 aromatic heterocycles. The van der Waals surface area contributed by atoms with Crippen LogP contribution in [-0.4, -0.2) is 57.5 Å². The number of amides is 1. The first-order valence-electron chi connectivity index (χ1n) is 15.5. The first-order valence-corrected chi connectivity index (χ1v) is 15.5. The fourth-order valence-corrected chi connectivity index (χ4v) is 7.95. The summed E-state index contributed by atoms with van der Waals surface area (Å²) in [5.74, 6) is 1.02. The Morgan fingerprint density at radius 1 is 1.23 bits per heavy atom. The first-order chi connectivity index (χ1) is 18.9. The highest BCUT2D eigenvalue weighted by Gasteiger charge is 2.57. The highest BCUT2D eigenvalue weighted by Crippen LogP contribution is 2.56. The van der Waals surface area contributed by atoms with Gasteiger partial charge in [-0.25, -0.2) is 4.98 Å². The number of fused-ring (bicyclic) bond motifs is 2. The second-order valence-electron chi connectivity index (χ2n) is 13.0. The van der Waals surface area contributed by atoms with Gasteiger partial charge in [-0.2, -0.15) is 0 Å². The van der Waals surface area contributed by atoms with E-state index in [0.717, 1.165) is 50.5 Å². The van der Waals surface area contributed by atoms with Crippen molar-refractivity contribution in [1.29, 1.82) is 0 Å². The minimum atomic E-state index is 0.0538. The molecular weight excluding hydrogens is 482 g/mol. The monoisotopic (exact) mass is 529 g/mol. The Balaban J connectivity index is 1.10. The number of carbonyl (C=O) groups excluding carboxylic acids is 1. The van der Waals surface area contributed by atoms with Crippen molar-refractivity contribution in [1.82, 2.24) is 24.7 Å². The molecule has 39 heavy (non-hydrogen) atoms. The average molecular weight is 530 g/mol. The molecule has 1 N–H and O–H groups in total. The SMILES string of the molecule is C=C(CC)N1CC(C(=O)N[C@@H](CCN2CC3(CC)CC(n4cnc5c4CC(C)CC5)CC23)c2ccccc2)C1. The maximum Gasteiger partial charge on any atom is 0.227 e. The van der Waals surface area contributed by atoms with Crippen LogP contribution in [0.5, 0.6) is 0 Å². The number of imidazole rings is 1. The fraction of sp³-hybridized carbons (Fsp3) is 0.636. The van der Waals surface area contributed by atoms with Crippen molar-refractivity contribution in [2.45, 2.75) is 90.3 Å². The van der Waals surface area contributed by atoms with Crippen molar-refractivity contribution in [2.24, 2.45) is 17.3 Å². The number of likely N-dealkylation sites (tertiary alicyclic amines) is 2. The van der Waals surface area contributed by atoms with Crippen LogP contribution in [0.25, 0.3) is 0 Å². The molecule has 0 spiro atoms. The molecule has 5 atom stereocenters. The van der Waals surface area contributed by atoms with E-state index in [0.29, 0.717) is 17.5 Å². The molecule has 4 unspecified atom stereocenters. The standard InChI is InChI=1S/C33H47N5O/c1-5-24(4)37-19-26(20-37)32(39)35-28(25-10-8-7-9-11-25)14-15-36-21-33(6-2)18-27(17-31(33)36)38-22-34-29-13-12-23(3)16-30(29)38/h7-11,22-23,26-28,31H,4-6,12-21H2,1-3H3,(H,35,39)/t23?,27?,28-,31?,33?/m0/s1. The lowest BCUT2D eigenvalue weighted by molar-refractivity contribution is -0.130. The van der Waals surface area contributed by atoms with Crippen molar-refractivity contribution < 1.29 is 4.79 Å². The van der Waals surface area contributed by atoms with Gasteiger partial charge in [0.1, 0.15) is 0 Å². The number of hydrogen-bond acceptors (Lipinski definition) is 4. The van der Waals surface area contributed by atoms with Gasteiger partial charge in [0.05, 0.1) is 24.0 Å². The number of allylic oxidation sites excluding steroid dienone is 1. The Morgan fingerprint density at radius 3 is 2.77 bits per heavy atom. The number of aryl methyl sites for hydroxylation is 1. The summed E-state index contributed by atoms with van der Waals surface area (Å²) in [7, 11) is 0. The van der Waals surface area contributed by atoms with Gasteiger partial charge in [0, 0.05) is 55.1 Å². The summed E-state index contributed by atoms with van der Waals surface area (Å²) in [5.41, 5.74) is 5.65. The van der Waals surface area contributed by atoms with Gasteiger partial charge in [0.2, 0.25) is 5.91 Å². The summed E-state index contributed by atoms with van der Waals surface area (Å²) in [6.45, 7) is 14.8. The molecule has 2 saturated heterocycles. The molecule has 210 valence electrons. The molecule has 6 nitrogen and oxygen atoms in total. The van der Waals surface area contributed by atoms with Crippen LogP contribution in [0.4, 0.5) is 0 Å². The summed E-state index contributed by atoms with van der Waals surface area (Å²) >= 11 is 0. The molecule has 1 saturated carbocycles. The van der Waals surface area contributed by atoms with Gasteiger partial charge in [-0.1, -0.05) is 57.7 Å². The van der Waals surface area contributed by atoms with E-state index in [2.05, 4.69) is 83.7 Å². The van der Waals surface area contributed by atoms with E-state index < -0.39 is 0 Å². The van der Waals surface area contributed by atoms with Gasteiger partial charge in [-0.3, -0.25) is 9.69 Å². The Hall–Kier alpha value is -2.60. The van der Waals surface area contributed by atoms with Crippen LogP contribution in [-0.2, 0) is 17.6 Å². The highest BCUT2D eigenvalue weighted by molar-refractivity contribution is 5.80. The molecule has 1 aromatic carbocycles. The zero-order chi connectivity index (χ0) is 27.1. The Labute approximate surface area is 234 Å². The molecule has 3 heterocycles. The zero-order valence-corrected chi connectivity index (χ0v) is 24.2. The third-order valence-electron chi connectivity index (χ3n) is 10.6. The number of nitrogens with zero attached hydrogens (tertiary/aromatic N) is 4. The van der Waals surface area contributed by atoms with E-state index in [1.54, 1.807) is 0 Å². The third kappa shape index (κ3) is 4.94. The van der Waals surface area contributed by atoms with Crippen molar-refractivity contribution in [3.8, 4) is 0 Å². The van der Waals surface area contributed by atoms with Crippen molar-refractivity contribution in [2.75, 3.05) is 26.2 Å². The molecule has 6 heteroatoms. The van der Waals surface area contributed by atoms with Crippen LogP contribution >= 0.6 is 0 Å². The maximum absolute atomic E-state index is 13.2. The predicted molar refractivity (Wildman–Crippen MR) is 156 cm³/mol. The van der Waals surface area contributed by atoms with Crippen molar-refractivity contribution in [3.05, 3.63) is 65.9 Å². The molecule has 2 aliphatic carbocycles. The van der Waals surface area contributed by atoms with E-state index in [1.807, 2.05) is 0 Å². The van der Waals surface area contributed by atoms with Gasteiger partial charge in [0.15, 0.2) is 0 Å². The van der Waals surface area contributed by atoms with Crippen LogP contribution in [0.1, 0.15) is 88.3 Å². The quantitative estimate of drug-likeness (QED) is 0.440. The second kappa shape index (κ2) is 10.8. The van der Waals surface area contributed by atoms with Gasteiger partial charge >= 0.3 is 0 Å². The van der Waals surface area contributed by atoms with Crippen molar-refractivity contribution >= 4 is 5.91 Å². The first kappa shape index (κ1) is 26.6. The normalized spacial score (nSPS) is 29.2. The lowest BCUT2D eigenvalue weighted by Gasteiger charge is -2.54. The van der Waals surface area contributed by atoms with Crippen LogP contribution in [0.2, 0.25) is 0 Å². The molecule has 6 rings (SSSR count). The lowest BCUT2D eigenvalue weighted by atomic mass is 9.71. The molecule has 0 bridgehead atoms. The van der Waals surface area contributed by atoms with Crippen LogP contribution in [0, 0.1) is 17.3 Å². The summed E-state index contributed by atoms with van der Waals surface area (Å²) in [4.78, 5) is 23.0. The molecule has 2 aromatic rings. The lowest BCUT2D eigenvalue weighted by Crippen LogP contribution is -2.61. The van der Waals surface area contributed by atoms with Crippen LogP contribution in [0.3, 0.4) is 0 Å². The van der Waals surface area contributed by atoms with Gasteiger partial charge in [0.25, 0.3) is 0 Å². The number of nitrogens with one attached hydrogen (secondary N) is 1. The fourth-order valence-electron chi connectivity index (χ4n) is 7.95. The summed E-state index contributed by atoms with van der Waals surface area (Å²) in [6.07, 6.45) is 11.4. The topological polar surface area (TPSA) is 53.4 Å². The molecule has 3 fully saturated rings. The average Bonchev–Trinajstić information content (AvgIpc) is 3.46. The molecule has 1 amide bonds. The predicted octanol–water partition coefficient (Wildman–Crippen LogP) is 5.53. The van der Waals surface area contributed by atoms with Crippen LogP contribution < -0.4 is 5.32 Å². The minimum Gasteiger partial charge on any atom is -0.374 e. The van der Waals surface area contributed by atoms with E-state index in [4.69, 9.17) is 4.98 Å². The Kier molecular flexibility index (Phi) is 7.34. The minimum absolute atomic E-state index is 0.0538. The van der Waals surface area contributed by atoms with E-state index >= 15 is 0 Å². The van der Waals surface area contributed by atoms with Crippen molar-refractivity contribution in [3.63, 3.8) is 0 Å². The largest absolute Gasteiger partial charge is 0.374 e. The molecule has 0 radical (unpaired) electrons. The highest BCUT2D eigenvalue weighted by atomic mass is 16.2. The number of benzene rings is 1. The smallest absolute Gasteiger partial charge is 0.227 e. The summed E-state index contributed by atoms with van der Waals surface area (Å²) in [6, 6.07) is 11.8. The van der Waals surface area contributed by atoms with Gasteiger partial charge < -0.3 is 14.8 Å². The van der Waals surface area contributed by atoms with Gasteiger partial charge in [-0.05, 0) is 62.8 Å².